The Bertz CT molecular complexity index is 557. The van der Waals surface area contributed by atoms with Crippen molar-refractivity contribution in [3.63, 3.8) is 0 Å². The maximum Gasteiger partial charge on any atom is 0.280 e. The maximum atomic E-state index is 5.86. The van der Waals surface area contributed by atoms with Crippen LogP contribution in [0.3, 0.4) is 0 Å². The number of benzene rings is 1. The topological polar surface area (TPSA) is 22.1 Å². The van der Waals surface area contributed by atoms with Crippen LogP contribution in [0.5, 0.6) is 10.9 Å². The Balaban J connectivity index is 2.39. The van der Waals surface area contributed by atoms with Crippen LogP contribution >= 0.6 is 22.9 Å². The lowest BCUT2D eigenvalue weighted by Gasteiger charge is -2.22. The summed E-state index contributed by atoms with van der Waals surface area (Å²) in [5, 5.41) is 2.82. The zero-order valence-electron chi connectivity index (χ0n) is 11.0. The van der Waals surface area contributed by atoms with Gasteiger partial charge < -0.3 is 4.74 Å². The van der Waals surface area contributed by atoms with Gasteiger partial charge in [-0.15, -0.1) is 0 Å². The number of aromatic nitrogens is 1. The van der Waals surface area contributed by atoms with Gasteiger partial charge >= 0.3 is 0 Å². The number of hydrogen-bond acceptors (Lipinski definition) is 3. The maximum absolute atomic E-state index is 5.86. The Morgan fingerprint density at radius 2 is 2.00 bits per heavy atom. The van der Waals surface area contributed by atoms with Gasteiger partial charge in [0, 0.05) is 10.9 Å². The van der Waals surface area contributed by atoms with Gasteiger partial charge in [0.25, 0.3) is 5.19 Å². The molecule has 1 aromatic heterocycles. The van der Waals surface area contributed by atoms with Crippen LogP contribution < -0.4 is 4.74 Å². The van der Waals surface area contributed by atoms with E-state index in [0.29, 0.717) is 10.3 Å². The van der Waals surface area contributed by atoms with Crippen LogP contribution in [0, 0.1) is 6.92 Å². The number of hydrogen-bond donors (Lipinski definition) is 0. The third-order valence-corrected chi connectivity index (χ3v) is 3.64. The van der Waals surface area contributed by atoms with E-state index in [9.17, 15) is 0 Å². The molecule has 0 aliphatic heterocycles. The average Bonchev–Trinajstić information content (AvgIpc) is 2.62. The van der Waals surface area contributed by atoms with Gasteiger partial charge in [0.05, 0.1) is 0 Å². The van der Waals surface area contributed by atoms with E-state index >= 15 is 0 Å². The third kappa shape index (κ3) is 3.03. The molecule has 0 atom stereocenters. The first-order valence-corrected chi connectivity index (χ1v) is 7.02. The quantitative estimate of drug-likeness (QED) is 0.755. The van der Waals surface area contributed by atoms with E-state index in [2.05, 4.69) is 37.9 Å². The summed E-state index contributed by atoms with van der Waals surface area (Å²) in [6, 6.07) is 6.25. The molecule has 0 N–H and O–H groups in total. The molecule has 0 fully saturated rings. The van der Waals surface area contributed by atoms with Crippen LogP contribution in [0.4, 0.5) is 0 Å². The number of thiazole rings is 1. The monoisotopic (exact) mass is 281 g/mol. The van der Waals surface area contributed by atoms with Gasteiger partial charge in [-0.3, -0.25) is 0 Å². The molecule has 0 amide bonds. The van der Waals surface area contributed by atoms with E-state index < -0.39 is 0 Å². The van der Waals surface area contributed by atoms with Crippen molar-refractivity contribution >= 4 is 22.9 Å². The Kier molecular flexibility index (Phi) is 3.64. The van der Waals surface area contributed by atoms with E-state index in [0.717, 1.165) is 5.75 Å². The van der Waals surface area contributed by atoms with E-state index in [1.807, 2.05) is 13.0 Å². The summed E-state index contributed by atoms with van der Waals surface area (Å²) < 4.78 is 5.86. The zero-order valence-corrected chi connectivity index (χ0v) is 12.5. The van der Waals surface area contributed by atoms with Crippen molar-refractivity contribution in [2.45, 2.75) is 33.1 Å². The second-order valence-electron chi connectivity index (χ2n) is 5.29. The lowest BCUT2D eigenvalue weighted by molar-refractivity contribution is 0.452. The molecular weight excluding hydrogens is 266 g/mol. The molecule has 18 heavy (non-hydrogen) atoms. The van der Waals surface area contributed by atoms with Crippen LogP contribution in [0.15, 0.2) is 23.6 Å². The first-order chi connectivity index (χ1) is 8.36. The molecule has 2 aromatic rings. The highest BCUT2D eigenvalue weighted by molar-refractivity contribution is 7.11. The van der Waals surface area contributed by atoms with Gasteiger partial charge in [0.2, 0.25) is 0 Å². The second-order valence-corrected chi connectivity index (χ2v) is 6.50. The molecule has 0 aliphatic rings. The standard InChI is InChI=1S/C14H16ClNOS/c1-9-5-6-10(14(2,3)4)11(7-9)17-13-16-12(15)8-18-13/h5-8H,1-4H3. The number of halogens is 1. The molecule has 0 radical (unpaired) electrons. The first kappa shape index (κ1) is 13.4. The Morgan fingerprint density at radius 3 is 2.56 bits per heavy atom. The highest BCUT2D eigenvalue weighted by Gasteiger charge is 2.20. The lowest BCUT2D eigenvalue weighted by Crippen LogP contribution is -2.12. The average molecular weight is 282 g/mol. The molecule has 4 heteroatoms. The fourth-order valence-electron chi connectivity index (χ4n) is 1.71. The Labute approximate surface area is 117 Å². The van der Waals surface area contributed by atoms with Crippen molar-refractivity contribution in [1.29, 1.82) is 0 Å². The molecule has 0 bridgehead atoms. The lowest BCUT2D eigenvalue weighted by atomic mass is 9.86. The Morgan fingerprint density at radius 1 is 1.28 bits per heavy atom. The van der Waals surface area contributed by atoms with E-state index in [4.69, 9.17) is 16.3 Å². The first-order valence-electron chi connectivity index (χ1n) is 5.76. The Hall–Kier alpha value is -1.06. The minimum Gasteiger partial charge on any atom is -0.431 e. The third-order valence-electron chi connectivity index (χ3n) is 2.60. The van der Waals surface area contributed by atoms with Crippen molar-refractivity contribution in [3.05, 3.63) is 39.9 Å². The largest absolute Gasteiger partial charge is 0.431 e. The summed E-state index contributed by atoms with van der Waals surface area (Å²) >= 11 is 7.21. The van der Waals surface area contributed by atoms with Crippen LogP contribution in [-0.4, -0.2) is 4.98 Å². The minimum absolute atomic E-state index is 0.0318. The molecule has 2 nitrogen and oxygen atoms in total. The van der Waals surface area contributed by atoms with Crippen molar-refractivity contribution in [3.8, 4) is 10.9 Å². The smallest absolute Gasteiger partial charge is 0.280 e. The van der Waals surface area contributed by atoms with E-state index in [1.165, 1.54) is 22.5 Å². The molecule has 0 unspecified atom stereocenters. The van der Waals surface area contributed by atoms with E-state index in [1.54, 1.807) is 5.38 Å². The van der Waals surface area contributed by atoms with Crippen LogP contribution in [0.1, 0.15) is 31.9 Å². The summed E-state index contributed by atoms with van der Waals surface area (Å²) in [5.41, 5.74) is 2.37. The zero-order chi connectivity index (χ0) is 13.3. The summed E-state index contributed by atoms with van der Waals surface area (Å²) in [6.07, 6.45) is 0. The van der Waals surface area contributed by atoms with Crippen LogP contribution in [-0.2, 0) is 5.41 Å². The molecular formula is C14H16ClNOS. The number of aryl methyl sites for hydroxylation is 1. The normalized spacial score (nSPS) is 11.6. The van der Waals surface area contributed by atoms with Crippen molar-refractivity contribution in [2.24, 2.45) is 0 Å². The number of nitrogens with zero attached hydrogens (tertiary/aromatic N) is 1. The van der Waals surface area contributed by atoms with Gasteiger partial charge in [-0.1, -0.05) is 55.8 Å². The van der Waals surface area contributed by atoms with Crippen molar-refractivity contribution in [2.75, 3.05) is 0 Å². The molecule has 1 heterocycles. The molecule has 0 aliphatic carbocycles. The van der Waals surface area contributed by atoms with Crippen molar-refractivity contribution in [1.82, 2.24) is 4.98 Å². The van der Waals surface area contributed by atoms with Gasteiger partial charge in [-0.25, -0.2) is 0 Å². The van der Waals surface area contributed by atoms with Gasteiger partial charge in [0.15, 0.2) is 0 Å². The molecule has 2 rings (SSSR count). The number of rotatable bonds is 2. The minimum atomic E-state index is 0.0318. The van der Waals surface area contributed by atoms with Gasteiger partial charge in [0.1, 0.15) is 10.9 Å². The van der Waals surface area contributed by atoms with Gasteiger partial charge in [-0.2, -0.15) is 4.98 Å². The summed E-state index contributed by atoms with van der Waals surface area (Å²) in [4.78, 5) is 4.12. The molecule has 0 saturated heterocycles. The highest BCUT2D eigenvalue weighted by atomic mass is 35.5. The number of ether oxygens (including phenoxy) is 1. The SMILES string of the molecule is Cc1ccc(C(C)(C)C)c(Oc2nc(Cl)cs2)c1. The molecule has 96 valence electrons. The van der Waals surface area contributed by atoms with Crippen molar-refractivity contribution < 1.29 is 4.74 Å². The van der Waals surface area contributed by atoms with Crippen LogP contribution in [0.2, 0.25) is 5.15 Å². The van der Waals surface area contributed by atoms with E-state index in [-0.39, 0.29) is 5.41 Å². The molecule has 1 aromatic carbocycles. The second kappa shape index (κ2) is 4.90. The predicted molar refractivity (Wildman–Crippen MR) is 77.1 cm³/mol. The van der Waals surface area contributed by atoms with Crippen LogP contribution in [0.25, 0.3) is 0 Å². The summed E-state index contributed by atoms with van der Waals surface area (Å²) in [7, 11) is 0. The molecule has 0 spiro atoms. The summed E-state index contributed by atoms with van der Waals surface area (Å²) in [6.45, 7) is 8.55. The highest BCUT2D eigenvalue weighted by Crippen LogP contribution is 2.36. The fourth-order valence-corrected chi connectivity index (χ4v) is 2.51. The fraction of sp³-hybridized carbons (Fsp3) is 0.357. The summed E-state index contributed by atoms with van der Waals surface area (Å²) in [5.74, 6) is 0.855. The predicted octanol–water partition coefficient (Wildman–Crippen LogP) is 5.19. The molecule has 0 saturated carbocycles. The van der Waals surface area contributed by atoms with Gasteiger partial charge in [-0.05, 0) is 24.0 Å².